The molecule has 1 amide bonds. The van der Waals surface area contributed by atoms with Gasteiger partial charge in [0.2, 0.25) is 5.91 Å². The van der Waals surface area contributed by atoms with Crippen molar-refractivity contribution in [2.45, 2.75) is 43.4 Å². The van der Waals surface area contributed by atoms with Gasteiger partial charge in [-0.25, -0.2) is 8.42 Å². The summed E-state index contributed by atoms with van der Waals surface area (Å²) >= 11 is 12.1. The number of amides is 1. The van der Waals surface area contributed by atoms with Crippen LogP contribution in [0.15, 0.2) is 41.3 Å². The van der Waals surface area contributed by atoms with E-state index in [4.69, 9.17) is 23.2 Å². The molecule has 2 aliphatic rings. The van der Waals surface area contributed by atoms with E-state index in [1.54, 1.807) is 18.2 Å². The van der Waals surface area contributed by atoms with Gasteiger partial charge >= 0.3 is 0 Å². The summed E-state index contributed by atoms with van der Waals surface area (Å²) < 4.78 is 28.6. The monoisotopic (exact) mass is 481 g/mol. The van der Waals surface area contributed by atoms with Gasteiger partial charge in [0.1, 0.15) is 0 Å². The Hall–Kier alpha value is -1.96. The van der Waals surface area contributed by atoms with E-state index in [1.165, 1.54) is 18.2 Å². The second-order valence-electron chi connectivity index (χ2n) is 8.07. The summed E-state index contributed by atoms with van der Waals surface area (Å²) in [5.41, 5.74) is 1.58. The Morgan fingerprint density at radius 3 is 2.35 bits per heavy atom. The number of nitrogens with one attached hydrogen (secondary N) is 2. The molecule has 9 heteroatoms. The van der Waals surface area contributed by atoms with E-state index in [1.807, 2.05) is 0 Å². The zero-order chi connectivity index (χ0) is 22.0. The van der Waals surface area contributed by atoms with Gasteiger partial charge in [0.05, 0.1) is 27.0 Å². The molecule has 4 rings (SSSR count). The predicted molar refractivity (Wildman–Crippen MR) is 126 cm³/mol. The highest BCUT2D eigenvalue weighted by molar-refractivity contribution is 7.92. The second-order valence-corrected chi connectivity index (χ2v) is 10.6. The molecular weight excluding hydrogens is 457 g/mol. The van der Waals surface area contributed by atoms with Gasteiger partial charge in [0, 0.05) is 24.0 Å². The van der Waals surface area contributed by atoms with E-state index in [2.05, 4.69) is 14.9 Å². The molecule has 1 heterocycles. The number of carbonyl (C=O) groups excluding carboxylic acids is 1. The molecule has 0 spiro atoms. The molecule has 0 radical (unpaired) electrons. The molecule has 2 aromatic rings. The highest BCUT2D eigenvalue weighted by Crippen LogP contribution is 2.34. The van der Waals surface area contributed by atoms with Crippen molar-refractivity contribution in [2.24, 2.45) is 5.92 Å². The number of rotatable bonds is 6. The molecule has 1 aliphatic carbocycles. The summed E-state index contributed by atoms with van der Waals surface area (Å²) in [5, 5.41) is 3.62. The summed E-state index contributed by atoms with van der Waals surface area (Å²) in [6, 6.07) is 9.43. The topological polar surface area (TPSA) is 78.5 Å². The minimum Gasteiger partial charge on any atom is -0.370 e. The number of halogens is 2. The van der Waals surface area contributed by atoms with Crippen molar-refractivity contribution in [1.29, 1.82) is 0 Å². The third kappa shape index (κ3) is 5.10. The number of sulfonamides is 1. The normalized spacial score (nSPS) is 17.2. The maximum atomic E-state index is 13.1. The molecule has 0 unspecified atom stereocenters. The van der Waals surface area contributed by atoms with E-state index in [9.17, 15) is 13.2 Å². The summed E-state index contributed by atoms with van der Waals surface area (Å²) in [6.45, 7) is 1.77. The molecule has 1 aliphatic heterocycles. The van der Waals surface area contributed by atoms with Crippen molar-refractivity contribution >= 4 is 56.2 Å². The van der Waals surface area contributed by atoms with Crippen LogP contribution in [0.3, 0.4) is 0 Å². The summed E-state index contributed by atoms with van der Waals surface area (Å²) in [4.78, 5) is 15.0. The van der Waals surface area contributed by atoms with E-state index >= 15 is 0 Å². The highest BCUT2D eigenvalue weighted by Gasteiger charge is 2.26. The van der Waals surface area contributed by atoms with E-state index in [-0.39, 0.29) is 27.4 Å². The summed E-state index contributed by atoms with van der Waals surface area (Å²) in [7, 11) is -3.93. The highest BCUT2D eigenvalue weighted by atomic mass is 35.5. The third-order valence-electron chi connectivity index (χ3n) is 5.88. The Kier molecular flexibility index (Phi) is 6.65. The van der Waals surface area contributed by atoms with Crippen molar-refractivity contribution in [3.8, 4) is 0 Å². The van der Waals surface area contributed by atoms with Gasteiger partial charge < -0.3 is 10.2 Å². The minimum absolute atomic E-state index is 0.0184. The smallest absolute Gasteiger partial charge is 0.262 e. The molecule has 2 fully saturated rings. The van der Waals surface area contributed by atoms with Crippen molar-refractivity contribution in [3.63, 3.8) is 0 Å². The first-order chi connectivity index (χ1) is 14.8. The summed E-state index contributed by atoms with van der Waals surface area (Å²) in [6.07, 6.45) is 6.00. The van der Waals surface area contributed by atoms with Gasteiger partial charge in [-0.2, -0.15) is 0 Å². The molecule has 0 bridgehead atoms. The van der Waals surface area contributed by atoms with Gasteiger partial charge in [-0.1, -0.05) is 36.0 Å². The Morgan fingerprint density at radius 2 is 1.65 bits per heavy atom. The molecule has 31 heavy (non-hydrogen) atoms. The molecular formula is C22H25Cl2N3O3S. The lowest BCUT2D eigenvalue weighted by molar-refractivity contribution is -0.119. The van der Waals surface area contributed by atoms with Crippen molar-refractivity contribution in [2.75, 3.05) is 28.0 Å². The lowest BCUT2D eigenvalue weighted by Gasteiger charge is -2.23. The lowest BCUT2D eigenvalue weighted by Crippen LogP contribution is -2.25. The second kappa shape index (κ2) is 9.27. The number of hydrogen-bond acceptors (Lipinski definition) is 4. The van der Waals surface area contributed by atoms with Crippen LogP contribution in [0.4, 0.5) is 17.1 Å². The van der Waals surface area contributed by atoms with Crippen LogP contribution in [-0.4, -0.2) is 27.4 Å². The molecule has 0 atom stereocenters. The van der Waals surface area contributed by atoms with E-state index < -0.39 is 10.0 Å². The van der Waals surface area contributed by atoms with Crippen LogP contribution in [0.2, 0.25) is 10.0 Å². The quantitative estimate of drug-likeness (QED) is 0.568. The Balaban J connectivity index is 1.65. The van der Waals surface area contributed by atoms with Crippen LogP contribution >= 0.6 is 23.2 Å². The zero-order valence-electron chi connectivity index (χ0n) is 17.0. The van der Waals surface area contributed by atoms with E-state index in [0.29, 0.717) is 10.7 Å². The van der Waals surface area contributed by atoms with E-state index in [0.717, 1.165) is 57.3 Å². The SMILES string of the molecule is O=C(Nc1cc(S(=O)(=O)Nc2cc(Cl)ccc2Cl)ccc1N1CCCC1)C1CCCC1. The fourth-order valence-corrected chi connectivity index (χ4v) is 5.71. The average molecular weight is 482 g/mol. The van der Waals surface area contributed by atoms with Gasteiger partial charge in [0.15, 0.2) is 0 Å². The Morgan fingerprint density at radius 1 is 0.935 bits per heavy atom. The van der Waals surface area contributed by atoms with Crippen LogP contribution in [-0.2, 0) is 14.8 Å². The predicted octanol–water partition coefficient (Wildman–Crippen LogP) is 5.52. The van der Waals surface area contributed by atoms with Crippen LogP contribution in [0, 0.1) is 5.92 Å². The number of anilines is 3. The Bertz CT molecular complexity index is 1080. The number of nitrogens with zero attached hydrogens (tertiary/aromatic N) is 1. The van der Waals surface area contributed by atoms with Gasteiger partial charge in [-0.3, -0.25) is 9.52 Å². The first kappa shape index (κ1) is 22.2. The molecule has 1 saturated carbocycles. The largest absolute Gasteiger partial charge is 0.370 e. The average Bonchev–Trinajstić information content (AvgIpc) is 3.44. The van der Waals surface area contributed by atoms with Crippen LogP contribution in [0.5, 0.6) is 0 Å². The van der Waals surface area contributed by atoms with Gasteiger partial charge in [-0.05, 0) is 62.1 Å². The number of carbonyl (C=O) groups is 1. The van der Waals surface area contributed by atoms with Crippen LogP contribution in [0.1, 0.15) is 38.5 Å². The van der Waals surface area contributed by atoms with Crippen molar-refractivity contribution in [3.05, 3.63) is 46.4 Å². The fourth-order valence-electron chi connectivity index (χ4n) is 4.22. The Labute approximate surface area is 193 Å². The molecule has 2 N–H and O–H groups in total. The van der Waals surface area contributed by atoms with Crippen molar-refractivity contribution < 1.29 is 13.2 Å². The van der Waals surface area contributed by atoms with Crippen LogP contribution < -0.4 is 14.9 Å². The third-order valence-corrected chi connectivity index (χ3v) is 7.81. The first-order valence-electron chi connectivity index (χ1n) is 10.5. The molecule has 166 valence electrons. The standard InChI is InChI=1S/C22H25Cl2N3O3S/c23-16-7-9-18(24)19(13-16)26-31(29,30)17-8-10-21(27-11-3-4-12-27)20(14-17)25-22(28)15-5-1-2-6-15/h7-10,13-15,26H,1-6,11-12H2,(H,25,28). The maximum Gasteiger partial charge on any atom is 0.262 e. The lowest BCUT2D eigenvalue weighted by atomic mass is 10.1. The van der Waals surface area contributed by atoms with Gasteiger partial charge in [0.25, 0.3) is 10.0 Å². The maximum absolute atomic E-state index is 13.1. The molecule has 6 nitrogen and oxygen atoms in total. The number of hydrogen-bond donors (Lipinski definition) is 2. The minimum atomic E-state index is -3.93. The number of benzene rings is 2. The molecule has 0 aromatic heterocycles. The fraction of sp³-hybridized carbons (Fsp3) is 0.409. The zero-order valence-corrected chi connectivity index (χ0v) is 19.4. The summed E-state index contributed by atoms with van der Waals surface area (Å²) in [5.74, 6) is -0.0616. The molecule has 2 aromatic carbocycles. The van der Waals surface area contributed by atoms with Crippen LogP contribution in [0.25, 0.3) is 0 Å². The first-order valence-corrected chi connectivity index (χ1v) is 12.8. The molecule has 1 saturated heterocycles. The van der Waals surface area contributed by atoms with Crippen molar-refractivity contribution in [1.82, 2.24) is 0 Å². The van der Waals surface area contributed by atoms with Gasteiger partial charge in [-0.15, -0.1) is 0 Å².